The molecule has 4 heteroatoms. The molecule has 0 N–H and O–H groups in total. The summed E-state index contributed by atoms with van der Waals surface area (Å²) in [5.74, 6) is 0.267. The molecule has 15 heavy (non-hydrogen) atoms. The average molecular weight is 212 g/mol. The summed E-state index contributed by atoms with van der Waals surface area (Å²) in [6, 6.07) is 0.808. The van der Waals surface area contributed by atoms with Crippen molar-refractivity contribution < 1.29 is 9.53 Å². The van der Waals surface area contributed by atoms with Crippen LogP contribution in [0.1, 0.15) is 20.3 Å². The molecule has 1 unspecified atom stereocenters. The Morgan fingerprint density at radius 3 is 2.73 bits per heavy atom. The molecule has 0 saturated carbocycles. The maximum Gasteiger partial charge on any atom is 0.237 e. The average Bonchev–Trinajstić information content (AvgIpc) is 2.69. The lowest BCUT2D eigenvalue weighted by molar-refractivity contribution is -0.138. The van der Waals surface area contributed by atoms with Crippen LogP contribution < -0.4 is 0 Å². The van der Waals surface area contributed by atoms with Crippen LogP contribution in [0.2, 0.25) is 0 Å². The number of carbonyl (C=O) groups is 1. The Hall–Kier alpha value is -0.610. The van der Waals surface area contributed by atoms with Gasteiger partial charge in [0, 0.05) is 31.8 Å². The van der Waals surface area contributed by atoms with Crippen LogP contribution in [0.3, 0.4) is 0 Å². The van der Waals surface area contributed by atoms with E-state index < -0.39 is 0 Å². The Morgan fingerprint density at radius 1 is 1.40 bits per heavy atom. The number of carbonyl (C=O) groups excluding carboxylic acids is 1. The minimum atomic E-state index is 0.267. The summed E-state index contributed by atoms with van der Waals surface area (Å²) < 4.78 is 5.35. The standard InChI is InChI=1S/C11H20N2O2/c1-9(2)13-5-4-12(7-11(13)14)10-3-6-15-8-10/h9-10H,3-8H2,1-2H3. The van der Waals surface area contributed by atoms with E-state index in [9.17, 15) is 4.79 Å². The molecule has 86 valence electrons. The van der Waals surface area contributed by atoms with Gasteiger partial charge in [0.2, 0.25) is 5.91 Å². The zero-order valence-electron chi connectivity index (χ0n) is 9.61. The van der Waals surface area contributed by atoms with Crippen LogP contribution in [-0.2, 0) is 9.53 Å². The summed E-state index contributed by atoms with van der Waals surface area (Å²) in [4.78, 5) is 16.1. The zero-order valence-corrected chi connectivity index (χ0v) is 9.61. The first-order valence-corrected chi connectivity index (χ1v) is 5.79. The summed E-state index contributed by atoms with van der Waals surface area (Å²) in [7, 11) is 0. The van der Waals surface area contributed by atoms with Gasteiger partial charge >= 0.3 is 0 Å². The van der Waals surface area contributed by atoms with Crippen molar-refractivity contribution in [2.75, 3.05) is 32.8 Å². The van der Waals surface area contributed by atoms with Crippen LogP contribution in [0, 0.1) is 0 Å². The maximum absolute atomic E-state index is 11.8. The number of rotatable bonds is 2. The van der Waals surface area contributed by atoms with Crippen molar-refractivity contribution in [3.05, 3.63) is 0 Å². The highest BCUT2D eigenvalue weighted by Gasteiger charge is 2.31. The van der Waals surface area contributed by atoms with Gasteiger partial charge in [-0.05, 0) is 20.3 Å². The van der Waals surface area contributed by atoms with E-state index in [0.29, 0.717) is 18.6 Å². The number of amides is 1. The van der Waals surface area contributed by atoms with Gasteiger partial charge in [-0.25, -0.2) is 0 Å². The smallest absolute Gasteiger partial charge is 0.237 e. The van der Waals surface area contributed by atoms with Gasteiger partial charge in [0.1, 0.15) is 0 Å². The fraction of sp³-hybridized carbons (Fsp3) is 0.909. The van der Waals surface area contributed by atoms with E-state index in [1.165, 1.54) is 0 Å². The molecule has 2 saturated heterocycles. The molecule has 0 radical (unpaired) electrons. The summed E-state index contributed by atoms with van der Waals surface area (Å²) in [6.07, 6.45) is 1.08. The lowest BCUT2D eigenvalue weighted by Gasteiger charge is -2.38. The Labute approximate surface area is 91.2 Å². The van der Waals surface area contributed by atoms with E-state index in [1.54, 1.807) is 0 Å². The molecule has 0 aromatic heterocycles. The Bertz CT molecular complexity index is 237. The number of piperazine rings is 1. The number of hydrogen-bond acceptors (Lipinski definition) is 3. The predicted octanol–water partition coefficient (Wildman–Crippen LogP) is 0.328. The molecular formula is C11H20N2O2. The fourth-order valence-electron chi connectivity index (χ4n) is 2.37. The lowest BCUT2D eigenvalue weighted by atomic mass is 10.1. The van der Waals surface area contributed by atoms with E-state index in [1.807, 2.05) is 4.90 Å². The SMILES string of the molecule is CC(C)N1CCN(C2CCOC2)CC1=O. The molecule has 2 aliphatic rings. The van der Waals surface area contributed by atoms with Crippen LogP contribution in [0.4, 0.5) is 0 Å². The van der Waals surface area contributed by atoms with Crippen molar-refractivity contribution in [1.82, 2.24) is 9.80 Å². The highest BCUT2D eigenvalue weighted by molar-refractivity contribution is 5.79. The first kappa shape index (κ1) is 10.9. The Kier molecular flexibility index (Phi) is 3.26. The first-order chi connectivity index (χ1) is 7.18. The van der Waals surface area contributed by atoms with Gasteiger partial charge in [-0.1, -0.05) is 0 Å². The third-order valence-corrected chi connectivity index (χ3v) is 3.33. The number of nitrogens with zero attached hydrogens (tertiary/aromatic N) is 2. The molecule has 0 aromatic rings. The van der Waals surface area contributed by atoms with Crippen molar-refractivity contribution in [3.8, 4) is 0 Å². The van der Waals surface area contributed by atoms with Gasteiger partial charge in [0.15, 0.2) is 0 Å². The highest BCUT2D eigenvalue weighted by Crippen LogP contribution is 2.16. The van der Waals surface area contributed by atoms with Crippen molar-refractivity contribution >= 4 is 5.91 Å². The van der Waals surface area contributed by atoms with Gasteiger partial charge in [-0.2, -0.15) is 0 Å². The van der Waals surface area contributed by atoms with E-state index >= 15 is 0 Å². The highest BCUT2D eigenvalue weighted by atomic mass is 16.5. The topological polar surface area (TPSA) is 32.8 Å². The van der Waals surface area contributed by atoms with Crippen LogP contribution >= 0.6 is 0 Å². The largest absolute Gasteiger partial charge is 0.380 e. The summed E-state index contributed by atoms with van der Waals surface area (Å²) >= 11 is 0. The van der Waals surface area contributed by atoms with Gasteiger partial charge in [0.05, 0.1) is 13.2 Å². The Morgan fingerprint density at radius 2 is 2.20 bits per heavy atom. The predicted molar refractivity (Wildman–Crippen MR) is 57.6 cm³/mol. The molecule has 0 aliphatic carbocycles. The van der Waals surface area contributed by atoms with Gasteiger partial charge in [-0.15, -0.1) is 0 Å². The monoisotopic (exact) mass is 212 g/mol. The van der Waals surface area contributed by atoms with Crippen molar-refractivity contribution in [2.24, 2.45) is 0 Å². The molecule has 0 bridgehead atoms. The van der Waals surface area contributed by atoms with Crippen molar-refractivity contribution in [3.63, 3.8) is 0 Å². The second kappa shape index (κ2) is 4.49. The molecule has 2 fully saturated rings. The maximum atomic E-state index is 11.8. The molecule has 4 nitrogen and oxygen atoms in total. The van der Waals surface area contributed by atoms with Crippen molar-refractivity contribution in [2.45, 2.75) is 32.4 Å². The minimum Gasteiger partial charge on any atom is -0.380 e. The number of ether oxygens (including phenoxy) is 1. The zero-order chi connectivity index (χ0) is 10.8. The second-order valence-corrected chi connectivity index (χ2v) is 4.67. The van der Waals surface area contributed by atoms with E-state index in [0.717, 1.165) is 32.7 Å². The fourth-order valence-corrected chi connectivity index (χ4v) is 2.37. The second-order valence-electron chi connectivity index (χ2n) is 4.67. The van der Waals surface area contributed by atoms with Crippen LogP contribution in [-0.4, -0.2) is 60.6 Å². The Balaban J connectivity index is 1.90. The van der Waals surface area contributed by atoms with Crippen LogP contribution in [0.25, 0.3) is 0 Å². The first-order valence-electron chi connectivity index (χ1n) is 5.79. The van der Waals surface area contributed by atoms with E-state index in [-0.39, 0.29) is 5.91 Å². The summed E-state index contributed by atoms with van der Waals surface area (Å²) in [6.45, 7) is 8.24. The normalized spacial score (nSPS) is 29.1. The molecule has 1 amide bonds. The molecule has 2 aliphatic heterocycles. The molecule has 2 heterocycles. The van der Waals surface area contributed by atoms with E-state index in [4.69, 9.17) is 4.74 Å². The van der Waals surface area contributed by atoms with Gasteiger partial charge < -0.3 is 9.64 Å². The molecule has 2 rings (SSSR count). The van der Waals surface area contributed by atoms with Gasteiger partial charge in [0.25, 0.3) is 0 Å². The van der Waals surface area contributed by atoms with Crippen LogP contribution in [0.5, 0.6) is 0 Å². The molecule has 0 aromatic carbocycles. The summed E-state index contributed by atoms with van der Waals surface area (Å²) in [5.41, 5.74) is 0. The van der Waals surface area contributed by atoms with Crippen molar-refractivity contribution in [1.29, 1.82) is 0 Å². The van der Waals surface area contributed by atoms with Crippen LogP contribution in [0.15, 0.2) is 0 Å². The third-order valence-electron chi connectivity index (χ3n) is 3.33. The molecular weight excluding hydrogens is 192 g/mol. The van der Waals surface area contributed by atoms with Gasteiger partial charge in [-0.3, -0.25) is 9.69 Å². The lowest BCUT2D eigenvalue weighted by Crippen LogP contribution is -2.55. The summed E-state index contributed by atoms with van der Waals surface area (Å²) in [5, 5.41) is 0. The minimum absolute atomic E-state index is 0.267. The molecule has 0 spiro atoms. The number of hydrogen-bond donors (Lipinski definition) is 0. The quantitative estimate of drug-likeness (QED) is 0.661. The molecule has 1 atom stereocenters. The van der Waals surface area contributed by atoms with E-state index in [2.05, 4.69) is 18.7 Å². The third kappa shape index (κ3) is 2.32.